The molecule has 4 heteroatoms. The number of ether oxygens (including phenoxy) is 1. The summed E-state index contributed by atoms with van der Waals surface area (Å²) in [5.41, 5.74) is 6.36. The molecule has 0 aromatic heterocycles. The Morgan fingerprint density at radius 1 is 1.29 bits per heavy atom. The molecule has 0 aliphatic heterocycles. The lowest BCUT2D eigenvalue weighted by atomic mass is 10.0. The normalized spacial score (nSPS) is 10.7. The Hall–Kier alpha value is -1.71. The topological polar surface area (TPSA) is 55.6 Å². The molecular weight excluding hydrogens is 264 g/mol. The van der Waals surface area contributed by atoms with Crippen molar-refractivity contribution in [3.63, 3.8) is 0 Å². The van der Waals surface area contributed by atoms with Gasteiger partial charge in [0.2, 0.25) is 5.91 Å². The second-order valence-electron chi connectivity index (χ2n) is 5.29. The summed E-state index contributed by atoms with van der Waals surface area (Å²) in [5, 5.41) is 0. The smallest absolute Gasteiger partial charge is 0.225 e. The number of carbonyl (C=O) groups is 1. The van der Waals surface area contributed by atoms with Crippen LogP contribution in [-0.2, 0) is 4.79 Å². The number of nitrogen functional groups attached to an aromatic ring is 1. The molecule has 1 rings (SSSR count). The Morgan fingerprint density at radius 3 is 2.57 bits per heavy atom. The maximum Gasteiger partial charge on any atom is 0.225 e. The number of hydrogen-bond acceptors (Lipinski definition) is 3. The number of nitrogens with two attached hydrogens (primary N) is 1. The highest BCUT2D eigenvalue weighted by Crippen LogP contribution is 2.15. The van der Waals surface area contributed by atoms with E-state index < -0.39 is 0 Å². The number of hydrogen-bond donors (Lipinski definition) is 1. The van der Waals surface area contributed by atoms with Gasteiger partial charge in [0.25, 0.3) is 0 Å². The molecule has 0 fully saturated rings. The van der Waals surface area contributed by atoms with Gasteiger partial charge in [0, 0.05) is 24.8 Å². The van der Waals surface area contributed by atoms with Crippen molar-refractivity contribution in [1.82, 2.24) is 4.90 Å². The molecule has 0 radical (unpaired) electrons. The first kappa shape index (κ1) is 17.3. The van der Waals surface area contributed by atoms with Gasteiger partial charge in [-0.2, -0.15) is 0 Å². The average molecular weight is 292 g/mol. The maximum atomic E-state index is 12.2. The van der Waals surface area contributed by atoms with Gasteiger partial charge >= 0.3 is 0 Å². The SMILES string of the molecule is CCC(CC)CN(CC)C(=O)CCOc1cccc(N)c1. The second-order valence-corrected chi connectivity index (χ2v) is 5.29. The zero-order valence-corrected chi connectivity index (χ0v) is 13.5. The molecule has 0 aliphatic rings. The van der Waals surface area contributed by atoms with E-state index in [1.807, 2.05) is 30.0 Å². The lowest BCUT2D eigenvalue weighted by Crippen LogP contribution is -2.35. The average Bonchev–Trinajstić information content (AvgIpc) is 2.48. The van der Waals surface area contributed by atoms with Crippen LogP contribution in [-0.4, -0.2) is 30.5 Å². The van der Waals surface area contributed by atoms with Crippen LogP contribution in [0.15, 0.2) is 24.3 Å². The molecule has 1 aromatic rings. The summed E-state index contributed by atoms with van der Waals surface area (Å²) >= 11 is 0. The van der Waals surface area contributed by atoms with E-state index >= 15 is 0 Å². The number of amides is 1. The first-order valence-electron chi connectivity index (χ1n) is 7.86. The van der Waals surface area contributed by atoms with E-state index in [0.717, 1.165) is 25.9 Å². The van der Waals surface area contributed by atoms with Gasteiger partial charge in [-0.15, -0.1) is 0 Å². The predicted octanol–water partition coefficient (Wildman–Crippen LogP) is 3.32. The van der Waals surface area contributed by atoms with E-state index in [1.54, 1.807) is 6.07 Å². The molecule has 0 atom stereocenters. The van der Waals surface area contributed by atoms with Crippen LogP contribution in [0.2, 0.25) is 0 Å². The predicted molar refractivity (Wildman–Crippen MR) is 87.3 cm³/mol. The molecule has 0 aliphatic carbocycles. The van der Waals surface area contributed by atoms with Gasteiger partial charge in [-0.05, 0) is 25.0 Å². The van der Waals surface area contributed by atoms with Crippen molar-refractivity contribution in [1.29, 1.82) is 0 Å². The van der Waals surface area contributed by atoms with Crippen molar-refractivity contribution in [3.8, 4) is 5.75 Å². The van der Waals surface area contributed by atoms with Crippen LogP contribution in [0, 0.1) is 5.92 Å². The molecule has 21 heavy (non-hydrogen) atoms. The van der Waals surface area contributed by atoms with Crippen LogP contribution in [0.25, 0.3) is 0 Å². The van der Waals surface area contributed by atoms with Crippen molar-refractivity contribution in [3.05, 3.63) is 24.3 Å². The summed E-state index contributed by atoms with van der Waals surface area (Å²) in [6.45, 7) is 8.37. The Morgan fingerprint density at radius 2 is 2.00 bits per heavy atom. The summed E-state index contributed by atoms with van der Waals surface area (Å²) in [5.74, 6) is 1.46. The second kappa shape index (κ2) is 9.27. The largest absolute Gasteiger partial charge is 0.493 e. The number of anilines is 1. The van der Waals surface area contributed by atoms with Crippen molar-refractivity contribution < 1.29 is 9.53 Å². The van der Waals surface area contributed by atoms with Crippen molar-refractivity contribution in [2.45, 2.75) is 40.0 Å². The van der Waals surface area contributed by atoms with Crippen LogP contribution in [0.3, 0.4) is 0 Å². The van der Waals surface area contributed by atoms with E-state index in [4.69, 9.17) is 10.5 Å². The molecule has 1 amide bonds. The van der Waals surface area contributed by atoms with Gasteiger partial charge in [0.1, 0.15) is 5.75 Å². The molecule has 4 nitrogen and oxygen atoms in total. The molecule has 1 aromatic carbocycles. The molecule has 118 valence electrons. The van der Waals surface area contributed by atoms with E-state index in [2.05, 4.69) is 13.8 Å². The van der Waals surface area contributed by atoms with Crippen molar-refractivity contribution >= 4 is 11.6 Å². The summed E-state index contributed by atoms with van der Waals surface area (Å²) in [6.07, 6.45) is 2.63. The maximum absolute atomic E-state index is 12.2. The van der Waals surface area contributed by atoms with Crippen LogP contribution in [0.1, 0.15) is 40.0 Å². The lowest BCUT2D eigenvalue weighted by molar-refractivity contribution is -0.132. The van der Waals surface area contributed by atoms with E-state index in [0.29, 0.717) is 30.4 Å². The molecule has 0 bridgehead atoms. The van der Waals surface area contributed by atoms with Gasteiger partial charge in [-0.3, -0.25) is 4.79 Å². The fourth-order valence-electron chi connectivity index (χ4n) is 2.28. The molecule has 0 spiro atoms. The minimum atomic E-state index is 0.160. The third kappa shape index (κ3) is 6.06. The highest BCUT2D eigenvalue weighted by molar-refractivity contribution is 5.76. The minimum Gasteiger partial charge on any atom is -0.493 e. The van der Waals surface area contributed by atoms with Gasteiger partial charge in [0.15, 0.2) is 0 Å². The van der Waals surface area contributed by atoms with E-state index in [9.17, 15) is 4.79 Å². The van der Waals surface area contributed by atoms with Crippen molar-refractivity contribution in [2.75, 3.05) is 25.4 Å². The highest BCUT2D eigenvalue weighted by Gasteiger charge is 2.15. The van der Waals surface area contributed by atoms with Crippen LogP contribution in [0.4, 0.5) is 5.69 Å². The van der Waals surface area contributed by atoms with E-state index in [-0.39, 0.29) is 5.91 Å². The monoisotopic (exact) mass is 292 g/mol. The summed E-state index contributed by atoms with van der Waals surface area (Å²) in [4.78, 5) is 14.2. The molecular formula is C17H28N2O2. The van der Waals surface area contributed by atoms with Crippen LogP contribution < -0.4 is 10.5 Å². The first-order chi connectivity index (χ1) is 10.1. The van der Waals surface area contributed by atoms with Gasteiger partial charge in [0.05, 0.1) is 13.0 Å². The Labute approximate surface area is 128 Å². The molecule has 2 N–H and O–H groups in total. The van der Waals surface area contributed by atoms with Crippen LogP contribution in [0.5, 0.6) is 5.75 Å². The number of carbonyl (C=O) groups excluding carboxylic acids is 1. The van der Waals surface area contributed by atoms with Gasteiger partial charge < -0.3 is 15.4 Å². The fraction of sp³-hybridized carbons (Fsp3) is 0.588. The molecule has 0 heterocycles. The van der Waals surface area contributed by atoms with Crippen LogP contribution >= 0.6 is 0 Å². The first-order valence-corrected chi connectivity index (χ1v) is 7.86. The summed E-state index contributed by atoms with van der Waals surface area (Å²) < 4.78 is 5.58. The third-order valence-electron chi connectivity index (χ3n) is 3.81. The van der Waals surface area contributed by atoms with Crippen molar-refractivity contribution in [2.24, 2.45) is 5.92 Å². The molecule has 0 unspecified atom stereocenters. The molecule has 0 saturated carbocycles. The molecule has 0 saturated heterocycles. The quantitative estimate of drug-likeness (QED) is 0.710. The Kier molecular flexibility index (Phi) is 7.65. The zero-order valence-electron chi connectivity index (χ0n) is 13.5. The van der Waals surface area contributed by atoms with Gasteiger partial charge in [-0.25, -0.2) is 0 Å². The summed E-state index contributed by atoms with van der Waals surface area (Å²) in [7, 11) is 0. The minimum absolute atomic E-state index is 0.160. The fourth-order valence-corrected chi connectivity index (χ4v) is 2.28. The number of nitrogens with zero attached hydrogens (tertiary/aromatic N) is 1. The van der Waals surface area contributed by atoms with E-state index in [1.165, 1.54) is 0 Å². The zero-order chi connectivity index (χ0) is 15.7. The summed E-state index contributed by atoms with van der Waals surface area (Å²) in [6, 6.07) is 7.28. The standard InChI is InChI=1S/C17H28N2O2/c1-4-14(5-2)13-19(6-3)17(20)10-11-21-16-9-7-8-15(18)12-16/h7-9,12,14H,4-6,10-11,13,18H2,1-3H3. The number of rotatable bonds is 9. The highest BCUT2D eigenvalue weighted by atomic mass is 16.5. The Bertz CT molecular complexity index is 431. The third-order valence-corrected chi connectivity index (χ3v) is 3.81. The lowest BCUT2D eigenvalue weighted by Gasteiger charge is -2.25. The Balaban J connectivity index is 2.40. The number of benzene rings is 1. The van der Waals surface area contributed by atoms with Gasteiger partial charge in [-0.1, -0.05) is 32.8 Å².